The van der Waals surface area contributed by atoms with Crippen LogP contribution in [-0.4, -0.2) is 65.1 Å². The van der Waals surface area contributed by atoms with Gasteiger partial charge in [-0.15, -0.1) is 0 Å². The average molecular weight is 262 g/mol. The molecule has 104 valence electrons. The second kappa shape index (κ2) is 4.96. The lowest BCUT2D eigenvalue weighted by Gasteiger charge is -2.39. The zero-order chi connectivity index (χ0) is 13.4. The van der Waals surface area contributed by atoms with Gasteiger partial charge >= 0.3 is 6.03 Å². The molecule has 0 aromatic heterocycles. The van der Waals surface area contributed by atoms with Crippen LogP contribution >= 0.6 is 0 Å². The van der Waals surface area contributed by atoms with Gasteiger partial charge in [-0.2, -0.15) is 0 Å². The Balaban J connectivity index is 2.10. The fourth-order valence-corrected chi connectivity index (χ4v) is 2.20. The quantitative estimate of drug-likeness (QED) is 0.477. The van der Waals surface area contributed by atoms with Crippen LogP contribution < -0.4 is 11.1 Å². The van der Waals surface area contributed by atoms with Gasteiger partial charge in [0.05, 0.1) is 12.8 Å². The van der Waals surface area contributed by atoms with Crippen molar-refractivity contribution in [3.8, 4) is 0 Å². The van der Waals surface area contributed by atoms with Crippen molar-refractivity contribution in [1.82, 2.24) is 10.2 Å². The lowest BCUT2D eigenvalue weighted by molar-refractivity contribution is -0.0791. The molecule has 0 aromatic carbocycles. The molecule has 0 unspecified atom stereocenters. The highest BCUT2D eigenvalue weighted by Gasteiger charge is 2.49. The Morgan fingerprint density at radius 1 is 1.67 bits per heavy atom. The third kappa shape index (κ3) is 2.16. The summed E-state index contributed by atoms with van der Waals surface area (Å²) in [6, 6.07) is -0.529. The van der Waals surface area contributed by atoms with E-state index in [2.05, 4.69) is 5.32 Å². The SMILES string of the molecule is C[C@H]1CN([C@H]2O[C@H](CO)[C@H](O)[C@@H]2[18F])C(=O)N[C@H]1N. The minimum atomic E-state index is -1.74. The van der Waals surface area contributed by atoms with E-state index in [9.17, 15) is 14.3 Å². The number of alkyl halides is 1. The molecule has 0 aromatic rings. The second-order valence-corrected chi connectivity index (χ2v) is 4.79. The highest BCUT2D eigenvalue weighted by atomic mass is 18.2. The fraction of sp³-hybridized carbons (Fsp3) is 0.900. The predicted octanol–water partition coefficient (Wildman–Crippen LogP) is -1.65. The first-order chi connectivity index (χ1) is 8.45. The summed E-state index contributed by atoms with van der Waals surface area (Å²) in [4.78, 5) is 12.9. The van der Waals surface area contributed by atoms with Crippen LogP contribution in [0.1, 0.15) is 6.92 Å². The Bertz CT molecular complexity index is 332. The van der Waals surface area contributed by atoms with Crippen molar-refractivity contribution < 1.29 is 24.1 Å². The van der Waals surface area contributed by atoms with E-state index in [0.717, 1.165) is 4.90 Å². The Hall–Kier alpha value is -0.960. The Morgan fingerprint density at radius 3 is 2.89 bits per heavy atom. The molecule has 0 aliphatic carbocycles. The first-order valence-electron chi connectivity index (χ1n) is 5.87. The monoisotopic (exact) mass is 262 g/mol. The van der Waals surface area contributed by atoms with Gasteiger partial charge in [-0.05, 0) is 0 Å². The maximum Gasteiger partial charge on any atom is 0.320 e. The summed E-state index contributed by atoms with van der Waals surface area (Å²) in [5.41, 5.74) is 5.66. The zero-order valence-corrected chi connectivity index (χ0v) is 9.99. The Kier molecular flexibility index (Phi) is 3.71. The van der Waals surface area contributed by atoms with Crippen LogP contribution in [0.3, 0.4) is 0 Å². The van der Waals surface area contributed by atoms with E-state index in [1.54, 1.807) is 0 Å². The first kappa shape index (κ1) is 13.5. The van der Waals surface area contributed by atoms with E-state index >= 15 is 0 Å². The number of nitrogens with one attached hydrogen (secondary N) is 1. The van der Waals surface area contributed by atoms with Gasteiger partial charge in [0.2, 0.25) is 0 Å². The number of nitrogens with two attached hydrogens (primary N) is 1. The maximum absolute atomic E-state index is 13.9. The number of carbonyl (C=O) groups excluding carboxylic acids is 1. The summed E-state index contributed by atoms with van der Waals surface area (Å²) in [5, 5.41) is 21.0. The molecule has 8 heteroatoms. The summed E-state index contributed by atoms with van der Waals surface area (Å²) >= 11 is 0. The molecule has 2 saturated heterocycles. The Labute approximate surface area is 104 Å². The van der Waals surface area contributed by atoms with Crippen LogP contribution in [0.25, 0.3) is 0 Å². The highest BCUT2D eigenvalue weighted by Crippen LogP contribution is 2.28. The maximum atomic E-state index is 13.9. The van der Waals surface area contributed by atoms with Crippen molar-refractivity contribution in [1.29, 1.82) is 0 Å². The molecule has 2 aliphatic rings. The molecule has 7 nitrogen and oxygen atoms in total. The van der Waals surface area contributed by atoms with Gasteiger partial charge in [-0.3, -0.25) is 4.90 Å². The zero-order valence-electron chi connectivity index (χ0n) is 9.99. The molecule has 2 aliphatic heterocycles. The van der Waals surface area contributed by atoms with Gasteiger partial charge in [0, 0.05) is 12.5 Å². The van der Waals surface area contributed by atoms with Gasteiger partial charge in [0.25, 0.3) is 0 Å². The van der Waals surface area contributed by atoms with Gasteiger partial charge in [-0.1, -0.05) is 6.92 Å². The van der Waals surface area contributed by atoms with Crippen LogP contribution in [0.2, 0.25) is 0 Å². The van der Waals surface area contributed by atoms with E-state index < -0.39 is 43.4 Å². The topological polar surface area (TPSA) is 108 Å². The van der Waals surface area contributed by atoms with Gasteiger partial charge in [0.1, 0.15) is 12.2 Å². The third-order valence-electron chi connectivity index (χ3n) is 3.43. The summed E-state index contributed by atoms with van der Waals surface area (Å²) in [6.07, 6.45) is -5.85. The van der Waals surface area contributed by atoms with E-state index in [1.165, 1.54) is 0 Å². The van der Waals surface area contributed by atoms with Crippen LogP contribution in [-0.2, 0) is 4.74 Å². The predicted molar refractivity (Wildman–Crippen MR) is 59.0 cm³/mol. The largest absolute Gasteiger partial charge is 0.394 e. The lowest BCUT2D eigenvalue weighted by Crippen LogP contribution is -2.63. The summed E-state index contributed by atoms with van der Waals surface area (Å²) in [7, 11) is 0. The number of urea groups is 1. The number of hydrogen-bond acceptors (Lipinski definition) is 5. The lowest BCUT2D eigenvalue weighted by atomic mass is 10.1. The molecule has 2 fully saturated rings. The molecule has 18 heavy (non-hydrogen) atoms. The average Bonchev–Trinajstić information content (AvgIpc) is 2.61. The number of hydrogen-bond donors (Lipinski definition) is 4. The van der Waals surface area contributed by atoms with Crippen molar-refractivity contribution in [3.63, 3.8) is 0 Å². The molecule has 0 bridgehead atoms. The standard InChI is InChI=1S/C10H18FN3O4/c1-4-2-14(10(17)13-8(4)12)9-6(11)7(16)5(3-15)18-9/h4-9,15-16H,2-3,12H2,1H3,(H,13,17)/t4-,5+,6-,7-,8+,9-/m0/s1/i11-1. The van der Waals surface area contributed by atoms with E-state index in [1.807, 2.05) is 6.92 Å². The molecule has 0 saturated carbocycles. The summed E-state index contributed by atoms with van der Waals surface area (Å²) in [5.74, 6) is -0.0659. The van der Waals surface area contributed by atoms with Gasteiger partial charge in [0.15, 0.2) is 12.4 Å². The normalized spacial score (nSPS) is 45.2. The smallest absolute Gasteiger partial charge is 0.320 e. The molecule has 0 spiro atoms. The molecule has 6 atom stereocenters. The minimum Gasteiger partial charge on any atom is -0.394 e. The van der Waals surface area contributed by atoms with Crippen molar-refractivity contribution >= 4 is 6.03 Å². The van der Waals surface area contributed by atoms with E-state index in [-0.39, 0.29) is 12.5 Å². The van der Waals surface area contributed by atoms with E-state index in [4.69, 9.17) is 15.6 Å². The van der Waals surface area contributed by atoms with Crippen LogP contribution in [0, 0.1) is 5.92 Å². The van der Waals surface area contributed by atoms with Gasteiger partial charge < -0.3 is 26.0 Å². The van der Waals surface area contributed by atoms with E-state index in [0.29, 0.717) is 0 Å². The first-order valence-corrected chi connectivity index (χ1v) is 5.87. The van der Waals surface area contributed by atoms with Crippen molar-refractivity contribution in [2.75, 3.05) is 13.2 Å². The molecular formula is C10H18FN3O4. The fourth-order valence-electron chi connectivity index (χ4n) is 2.20. The molecule has 2 rings (SSSR count). The number of amides is 2. The number of ether oxygens (including phenoxy) is 1. The number of aliphatic hydroxyl groups excluding tert-OH is 2. The number of rotatable bonds is 2. The number of aliphatic hydroxyl groups is 2. The van der Waals surface area contributed by atoms with Gasteiger partial charge in [-0.25, -0.2) is 9.18 Å². The molecule has 5 N–H and O–H groups in total. The minimum absolute atomic E-state index is 0.0659. The third-order valence-corrected chi connectivity index (χ3v) is 3.43. The number of carbonyl (C=O) groups is 1. The summed E-state index contributed by atoms with van der Waals surface area (Å²) < 4.78 is 19.0. The van der Waals surface area contributed by atoms with Crippen molar-refractivity contribution in [3.05, 3.63) is 0 Å². The molecule has 2 amide bonds. The highest BCUT2D eigenvalue weighted by molar-refractivity contribution is 5.75. The summed E-state index contributed by atoms with van der Waals surface area (Å²) in [6.45, 7) is 1.56. The molecule has 2 heterocycles. The Morgan fingerprint density at radius 2 is 2.33 bits per heavy atom. The number of nitrogens with zero attached hydrogens (tertiary/aromatic N) is 1. The second-order valence-electron chi connectivity index (χ2n) is 4.79. The van der Waals surface area contributed by atoms with Crippen LogP contribution in [0.4, 0.5) is 9.18 Å². The molecular weight excluding hydrogens is 244 g/mol. The van der Waals surface area contributed by atoms with Crippen LogP contribution in [0.5, 0.6) is 0 Å². The van der Waals surface area contributed by atoms with Crippen LogP contribution in [0.15, 0.2) is 0 Å². The molecule has 0 radical (unpaired) electrons. The van der Waals surface area contributed by atoms with Crippen molar-refractivity contribution in [2.24, 2.45) is 11.7 Å². The van der Waals surface area contributed by atoms with Crippen molar-refractivity contribution in [2.45, 2.75) is 37.7 Å². The number of halogens is 1.